The van der Waals surface area contributed by atoms with E-state index in [4.69, 9.17) is 0 Å². The lowest BCUT2D eigenvalue weighted by Gasteiger charge is -2.31. The third-order valence-electron chi connectivity index (χ3n) is 5.16. The number of benzene rings is 1. The third-order valence-corrected chi connectivity index (χ3v) is 7.04. The molecule has 1 amide bonds. The highest BCUT2D eigenvalue weighted by molar-refractivity contribution is 7.92. The fourth-order valence-corrected chi connectivity index (χ4v) is 5.13. The number of anilines is 1. The molecule has 1 saturated carbocycles. The van der Waals surface area contributed by atoms with Crippen LogP contribution >= 0.6 is 0 Å². The number of aromatic nitrogens is 1. The summed E-state index contributed by atoms with van der Waals surface area (Å²) < 4.78 is 27.9. The highest BCUT2D eigenvalue weighted by Gasteiger charge is 2.34. The Hall–Kier alpha value is -2.41. The van der Waals surface area contributed by atoms with Gasteiger partial charge >= 0.3 is 0 Å². The van der Waals surface area contributed by atoms with Crippen LogP contribution in [0.15, 0.2) is 53.7 Å². The van der Waals surface area contributed by atoms with Gasteiger partial charge in [0.15, 0.2) is 0 Å². The van der Waals surface area contributed by atoms with Crippen LogP contribution in [0.1, 0.15) is 44.6 Å². The number of hydrogen-bond donors (Lipinski definition) is 1. The van der Waals surface area contributed by atoms with Crippen LogP contribution in [0.2, 0.25) is 0 Å². The van der Waals surface area contributed by atoms with Crippen molar-refractivity contribution < 1.29 is 13.2 Å². The Balaban J connectivity index is 1.93. The number of pyridine rings is 1. The largest absolute Gasteiger partial charge is 0.352 e. The topological polar surface area (TPSA) is 79.4 Å². The first-order chi connectivity index (χ1) is 13.4. The molecule has 6 nitrogen and oxygen atoms in total. The van der Waals surface area contributed by atoms with Crippen molar-refractivity contribution in [2.45, 2.75) is 62.9 Å². The van der Waals surface area contributed by atoms with E-state index in [0.29, 0.717) is 5.69 Å². The van der Waals surface area contributed by atoms with Gasteiger partial charge in [-0.15, -0.1) is 0 Å². The minimum absolute atomic E-state index is 0.0629. The standard InChI is InChI=1S/C21H27N3O3S/c1-16-10-12-19(13-11-16)24(28(26,27)20-9-6-14-22-15-20)17(2)21(25)23-18-7-4-3-5-8-18/h6,9-15,17-18H,3-5,7-8H2,1-2H3,(H,23,25). The first-order valence-electron chi connectivity index (χ1n) is 9.71. The Kier molecular flexibility index (Phi) is 6.34. The third kappa shape index (κ3) is 4.52. The van der Waals surface area contributed by atoms with E-state index in [9.17, 15) is 13.2 Å². The summed E-state index contributed by atoms with van der Waals surface area (Å²) in [6.45, 7) is 3.56. The van der Waals surface area contributed by atoms with Crippen molar-refractivity contribution in [1.82, 2.24) is 10.3 Å². The van der Waals surface area contributed by atoms with Gasteiger partial charge in [-0.3, -0.25) is 14.1 Å². The normalized spacial score (nSPS) is 16.4. The molecule has 0 saturated heterocycles. The van der Waals surface area contributed by atoms with Gasteiger partial charge in [-0.2, -0.15) is 0 Å². The molecule has 1 atom stereocenters. The van der Waals surface area contributed by atoms with E-state index < -0.39 is 16.1 Å². The minimum Gasteiger partial charge on any atom is -0.352 e. The molecule has 1 N–H and O–H groups in total. The van der Waals surface area contributed by atoms with E-state index in [2.05, 4.69) is 10.3 Å². The predicted octanol–water partition coefficient (Wildman–Crippen LogP) is 3.42. The van der Waals surface area contributed by atoms with E-state index >= 15 is 0 Å². The smallest absolute Gasteiger partial charge is 0.266 e. The van der Waals surface area contributed by atoms with Crippen molar-refractivity contribution in [2.24, 2.45) is 0 Å². The average molecular weight is 402 g/mol. The van der Waals surface area contributed by atoms with Crippen LogP contribution < -0.4 is 9.62 Å². The Morgan fingerprint density at radius 3 is 2.43 bits per heavy atom. The highest BCUT2D eigenvalue weighted by atomic mass is 32.2. The summed E-state index contributed by atoms with van der Waals surface area (Å²) in [4.78, 5) is 16.9. The van der Waals surface area contributed by atoms with E-state index in [1.165, 1.54) is 29.2 Å². The number of rotatable bonds is 6. The van der Waals surface area contributed by atoms with Crippen molar-refractivity contribution in [3.05, 3.63) is 54.4 Å². The maximum absolute atomic E-state index is 13.4. The first-order valence-corrected chi connectivity index (χ1v) is 11.1. The van der Waals surface area contributed by atoms with Crippen LogP contribution in [0.4, 0.5) is 5.69 Å². The first kappa shape index (κ1) is 20.3. The number of nitrogens with zero attached hydrogens (tertiary/aromatic N) is 2. The van der Waals surface area contributed by atoms with Crippen LogP contribution in [0.5, 0.6) is 0 Å². The van der Waals surface area contributed by atoms with Gasteiger partial charge in [0.1, 0.15) is 10.9 Å². The lowest BCUT2D eigenvalue weighted by atomic mass is 9.95. The second kappa shape index (κ2) is 8.73. The number of amides is 1. The van der Waals surface area contributed by atoms with Crippen molar-refractivity contribution >= 4 is 21.6 Å². The van der Waals surface area contributed by atoms with Crippen molar-refractivity contribution in [1.29, 1.82) is 0 Å². The molecule has 0 aliphatic heterocycles. The van der Waals surface area contributed by atoms with Crippen LogP contribution in [0, 0.1) is 6.92 Å². The van der Waals surface area contributed by atoms with Crippen LogP contribution in [0.3, 0.4) is 0 Å². The fraction of sp³-hybridized carbons (Fsp3) is 0.429. The Labute approximate surface area is 167 Å². The molecule has 1 fully saturated rings. The van der Waals surface area contributed by atoms with Crippen LogP contribution in [0.25, 0.3) is 0 Å². The molecule has 7 heteroatoms. The van der Waals surface area contributed by atoms with E-state index in [0.717, 1.165) is 31.2 Å². The monoisotopic (exact) mass is 401 g/mol. The minimum atomic E-state index is -3.94. The summed E-state index contributed by atoms with van der Waals surface area (Å²) in [5, 5.41) is 3.04. The van der Waals surface area contributed by atoms with Gasteiger partial charge in [-0.25, -0.2) is 8.42 Å². The number of hydrogen-bond acceptors (Lipinski definition) is 4. The second-order valence-corrected chi connectivity index (χ2v) is 9.16. The van der Waals surface area contributed by atoms with Crippen molar-refractivity contribution in [3.63, 3.8) is 0 Å². The molecule has 1 heterocycles. The summed E-state index contributed by atoms with van der Waals surface area (Å²) >= 11 is 0. The van der Waals surface area contributed by atoms with Crippen molar-refractivity contribution in [3.8, 4) is 0 Å². The summed E-state index contributed by atoms with van der Waals surface area (Å²) in [6, 6.07) is 9.45. The number of sulfonamides is 1. The highest BCUT2D eigenvalue weighted by Crippen LogP contribution is 2.27. The van der Waals surface area contributed by atoms with Crippen LogP contribution in [-0.2, 0) is 14.8 Å². The summed E-state index contributed by atoms with van der Waals surface area (Å²) in [7, 11) is -3.94. The number of aryl methyl sites for hydroxylation is 1. The molecule has 0 spiro atoms. The molecule has 28 heavy (non-hydrogen) atoms. The Bertz CT molecular complexity index is 892. The molecule has 1 aromatic heterocycles. The summed E-state index contributed by atoms with van der Waals surface area (Å²) in [5.74, 6) is -0.278. The van der Waals surface area contributed by atoms with Gasteiger partial charge in [-0.1, -0.05) is 37.0 Å². The van der Waals surface area contributed by atoms with Gasteiger partial charge in [0, 0.05) is 18.4 Å². The van der Waals surface area contributed by atoms with Crippen LogP contribution in [-0.4, -0.2) is 31.4 Å². The zero-order chi connectivity index (χ0) is 20.1. The SMILES string of the molecule is Cc1ccc(N(C(C)C(=O)NC2CCCCC2)S(=O)(=O)c2cccnc2)cc1. The summed E-state index contributed by atoms with van der Waals surface area (Å²) in [5.41, 5.74) is 1.47. The fourth-order valence-electron chi connectivity index (χ4n) is 3.55. The molecule has 1 unspecified atom stereocenters. The van der Waals surface area contributed by atoms with Gasteiger partial charge in [0.2, 0.25) is 5.91 Å². The molecule has 150 valence electrons. The lowest BCUT2D eigenvalue weighted by molar-refractivity contribution is -0.122. The second-order valence-electron chi connectivity index (χ2n) is 7.34. The molecule has 0 radical (unpaired) electrons. The molecular formula is C21H27N3O3S. The predicted molar refractivity (Wildman–Crippen MR) is 110 cm³/mol. The Morgan fingerprint density at radius 2 is 1.82 bits per heavy atom. The maximum Gasteiger partial charge on any atom is 0.266 e. The number of nitrogens with one attached hydrogen (secondary N) is 1. The molecule has 2 aromatic rings. The average Bonchev–Trinajstić information content (AvgIpc) is 2.71. The van der Waals surface area contributed by atoms with Gasteiger partial charge in [0.25, 0.3) is 10.0 Å². The van der Waals surface area contributed by atoms with E-state index in [1.807, 2.05) is 19.1 Å². The van der Waals surface area contributed by atoms with E-state index in [1.54, 1.807) is 25.1 Å². The molecule has 1 aromatic carbocycles. The summed E-state index contributed by atoms with van der Waals surface area (Å²) in [6.07, 6.45) is 8.09. The molecule has 3 rings (SSSR count). The molecule has 1 aliphatic carbocycles. The Morgan fingerprint density at radius 1 is 1.14 bits per heavy atom. The molecule has 1 aliphatic rings. The lowest BCUT2D eigenvalue weighted by Crippen LogP contribution is -2.51. The number of carbonyl (C=O) groups excluding carboxylic acids is 1. The maximum atomic E-state index is 13.4. The van der Waals surface area contributed by atoms with Gasteiger partial charge in [0.05, 0.1) is 5.69 Å². The zero-order valence-electron chi connectivity index (χ0n) is 16.3. The molecular weight excluding hydrogens is 374 g/mol. The zero-order valence-corrected chi connectivity index (χ0v) is 17.2. The van der Waals surface area contributed by atoms with E-state index in [-0.39, 0.29) is 16.8 Å². The molecule has 0 bridgehead atoms. The number of carbonyl (C=O) groups is 1. The quantitative estimate of drug-likeness (QED) is 0.804. The van der Waals surface area contributed by atoms with Crippen molar-refractivity contribution in [2.75, 3.05) is 4.31 Å². The van der Waals surface area contributed by atoms with Gasteiger partial charge < -0.3 is 5.32 Å². The van der Waals surface area contributed by atoms with Gasteiger partial charge in [-0.05, 0) is 51.0 Å².